The van der Waals surface area contributed by atoms with E-state index in [1.54, 1.807) is 12.3 Å². The van der Waals surface area contributed by atoms with Gasteiger partial charge in [-0.15, -0.1) is 5.10 Å². The number of hydrogen-bond donors (Lipinski definition) is 1. The van der Waals surface area contributed by atoms with Crippen LogP contribution in [0, 0.1) is 0 Å². The first-order valence-electron chi connectivity index (χ1n) is 7.74. The standard InChI is InChI=1S/C16H15N7O/c17-16-19-13(22-7-6-21-5-1-3-11(21)10-22)9-14-18-15(20-23(14)16)12-4-2-8-24-12/h1-5,8-9H,6-7,10H2,(H2,17,19). The first-order valence-corrected chi connectivity index (χ1v) is 7.74. The number of nitrogens with two attached hydrogens (primary N) is 1. The summed E-state index contributed by atoms with van der Waals surface area (Å²) in [5, 5.41) is 4.37. The molecule has 120 valence electrons. The maximum Gasteiger partial charge on any atom is 0.225 e. The molecule has 0 radical (unpaired) electrons. The van der Waals surface area contributed by atoms with E-state index in [4.69, 9.17) is 10.2 Å². The van der Waals surface area contributed by atoms with Crippen LogP contribution < -0.4 is 10.6 Å². The zero-order valence-corrected chi connectivity index (χ0v) is 12.8. The van der Waals surface area contributed by atoms with Gasteiger partial charge < -0.3 is 19.6 Å². The number of furan rings is 1. The van der Waals surface area contributed by atoms with Gasteiger partial charge in [-0.25, -0.2) is 4.98 Å². The van der Waals surface area contributed by atoms with Crippen LogP contribution in [0.3, 0.4) is 0 Å². The molecule has 0 bridgehead atoms. The molecule has 0 fully saturated rings. The van der Waals surface area contributed by atoms with Crippen LogP contribution in [0.1, 0.15) is 5.69 Å². The van der Waals surface area contributed by atoms with Gasteiger partial charge in [0.25, 0.3) is 0 Å². The van der Waals surface area contributed by atoms with Crippen molar-refractivity contribution in [3.63, 3.8) is 0 Å². The van der Waals surface area contributed by atoms with Gasteiger partial charge in [0.15, 0.2) is 11.4 Å². The summed E-state index contributed by atoms with van der Waals surface area (Å²) in [7, 11) is 0. The van der Waals surface area contributed by atoms with Crippen molar-refractivity contribution >= 4 is 17.4 Å². The zero-order chi connectivity index (χ0) is 16.1. The van der Waals surface area contributed by atoms with Crippen molar-refractivity contribution in [2.75, 3.05) is 17.2 Å². The molecule has 0 amide bonds. The van der Waals surface area contributed by atoms with E-state index in [9.17, 15) is 0 Å². The van der Waals surface area contributed by atoms with Crippen LogP contribution in [0.15, 0.2) is 47.2 Å². The maximum absolute atomic E-state index is 6.09. The molecule has 1 aliphatic heterocycles. The maximum atomic E-state index is 6.09. The van der Waals surface area contributed by atoms with Gasteiger partial charge in [0.1, 0.15) is 5.82 Å². The third kappa shape index (κ3) is 1.96. The monoisotopic (exact) mass is 321 g/mol. The van der Waals surface area contributed by atoms with Crippen molar-refractivity contribution < 1.29 is 4.42 Å². The van der Waals surface area contributed by atoms with E-state index >= 15 is 0 Å². The van der Waals surface area contributed by atoms with Crippen LogP contribution >= 0.6 is 0 Å². The lowest BCUT2D eigenvalue weighted by atomic mass is 10.3. The molecule has 0 aliphatic carbocycles. The highest BCUT2D eigenvalue weighted by molar-refractivity contribution is 5.59. The van der Waals surface area contributed by atoms with Crippen molar-refractivity contribution in [1.82, 2.24) is 24.1 Å². The predicted octanol–water partition coefficient (Wildman–Crippen LogP) is 1.79. The average Bonchev–Trinajstić information content (AvgIpc) is 3.32. The van der Waals surface area contributed by atoms with E-state index in [0.717, 1.165) is 25.5 Å². The highest BCUT2D eigenvalue weighted by Crippen LogP contribution is 2.24. The van der Waals surface area contributed by atoms with Gasteiger partial charge in [-0.2, -0.15) is 9.50 Å². The van der Waals surface area contributed by atoms with Gasteiger partial charge in [0, 0.05) is 31.0 Å². The highest BCUT2D eigenvalue weighted by Gasteiger charge is 2.19. The van der Waals surface area contributed by atoms with Crippen LogP contribution in [0.25, 0.3) is 17.2 Å². The lowest BCUT2D eigenvalue weighted by molar-refractivity contribution is 0.568. The number of aromatic nitrogens is 5. The fourth-order valence-electron chi connectivity index (χ4n) is 3.08. The Kier molecular flexibility index (Phi) is 2.66. The molecule has 24 heavy (non-hydrogen) atoms. The number of rotatable bonds is 2. The van der Waals surface area contributed by atoms with E-state index in [0.29, 0.717) is 23.2 Å². The summed E-state index contributed by atoms with van der Waals surface area (Å²) in [5.41, 5.74) is 8.01. The van der Waals surface area contributed by atoms with Gasteiger partial charge in [0.2, 0.25) is 11.8 Å². The molecule has 0 atom stereocenters. The largest absolute Gasteiger partial charge is 0.461 e. The number of hydrogen-bond acceptors (Lipinski definition) is 6. The fraction of sp³-hybridized carbons (Fsp3) is 0.188. The normalized spacial score (nSPS) is 14.2. The minimum Gasteiger partial charge on any atom is -0.461 e. The van der Waals surface area contributed by atoms with Crippen molar-refractivity contribution in [3.05, 3.63) is 48.5 Å². The lowest BCUT2D eigenvalue weighted by Crippen LogP contribution is -2.33. The van der Waals surface area contributed by atoms with E-state index < -0.39 is 0 Å². The summed E-state index contributed by atoms with van der Waals surface area (Å²) in [5.74, 6) is 2.23. The number of anilines is 2. The number of nitrogens with zero attached hydrogens (tertiary/aromatic N) is 6. The summed E-state index contributed by atoms with van der Waals surface area (Å²) in [6.07, 6.45) is 3.70. The molecular weight excluding hydrogens is 306 g/mol. The van der Waals surface area contributed by atoms with Gasteiger partial charge >= 0.3 is 0 Å². The molecule has 0 aromatic carbocycles. The average molecular weight is 321 g/mol. The number of fused-ring (bicyclic) bond motifs is 2. The molecule has 4 aromatic heterocycles. The SMILES string of the molecule is Nc1nc(N2CCn3cccc3C2)cc2nc(-c3ccco3)nn12. The smallest absolute Gasteiger partial charge is 0.225 e. The molecule has 0 unspecified atom stereocenters. The molecule has 2 N–H and O–H groups in total. The van der Waals surface area contributed by atoms with Crippen LogP contribution in [-0.4, -0.2) is 30.7 Å². The first-order chi connectivity index (χ1) is 11.8. The van der Waals surface area contributed by atoms with Gasteiger partial charge in [0.05, 0.1) is 12.8 Å². The molecule has 5 rings (SSSR count). The Balaban J connectivity index is 1.56. The Hall–Kier alpha value is -3.29. The summed E-state index contributed by atoms with van der Waals surface area (Å²) in [6.45, 7) is 2.61. The van der Waals surface area contributed by atoms with Crippen molar-refractivity contribution in [3.8, 4) is 11.6 Å². The molecule has 0 saturated heterocycles. The van der Waals surface area contributed by atoms with Gasteiger partial charge in [-0.3, -0.25) is 0 Å². The molecule has 4 aromatic rings. The van der Waals surface area contributed by atoms with Crippen molar-refractivity contribution in [1.29, 1.82) is 0 Å². The summed E-state index contributed by atoms with van der Waals surface area (Å²) >= 11 is 0. The molecular formula is C16H15N7O. The van der Waals surface area contributed by atoms with Gasteiger partial charge in [-0.1, -0.05) is 0 Å². The van der Waals surface area contributed by atoms with Crippen LogP contribution in [-0.2, 0) is 13.1 Å². The summed E-state index contributed by atoms with van der Waals surface area (Å²) < 4.78 is 9.14. The minimum atomic E-state index is 0.314. The Morgan fingerprint density at radius 1 is 1.12 bits per heavy atom. The fourth-order valence-corrected chi connectivity index (χ4v) is 3.08. The van der Waals surface area contributed by atoms with Crippen LogP contribution in [0.2, 0.25) is 0 Å². The molecule has 5 heterocycles. The second-order valence-electron chi connectivity index (χ2n) is 5.77. The zero-order valence-electron chi connectivity index (χ0n) is 12.8. The Labute approximate surface area is 137 Å². The predicted molar refractivity (Wildman–Crippen MR) is 88.4 cm³/mol. The highest BCUT2D eigenvalue weighted by atomic mass is 16.3. The lowest BCUT2D eigenvalue weighted by Gasteiger charge is -2.29. The molecule has 0 saturated carbocycles. The summed E-state index contributed by atoms with van der Waals surface area (Å²) in [4.78, 5) is 11.2. The van der Waals surface area contributed by atoms with E-state index in [1.165, 1.54) is 10.2 Å². The minimum absolute atomic E-state index is 0.314. The second kappa shape index (κ2) is 4.85. The van der Waals surface area contributed by atoms with Crippen molar-refractivity contribution in [2.24, 2.45) is 0 Å². The first kappa shape index (κ1) is 13.2. The van der Waals surface area contributed by atoms with Crippen LogP contribution in [0.4, 0.5) is 11.8 Å². The quantitative estimate of drug-likeness (QED) is 0.605. The topological polar surface area (TPSA) is 90.4 Å². The van der Waals surface area contributed by atoms with E-state index in [-0.39, 0.29) is 0 Å². The molecule has 8 nitrogen and oxygen atoms in total. The molecule has 8 heteroatoms. The second-order valence-corrected chi connectivity index (χ2v) is 5.77. The van der Waals surface area contributed by atoms with Gasteiger partial charge in [-0.05, 0) is 24.3 Å². The molecule has 1 aliphatic rings. The Morgan fingerprint density at radius 3 is 2.96 bits per heavy atom. The third-order valence-corrected chi connectivity index (χ3v) is 4.29. The van der Waals surface area contributed by atoms with E-state index in [2.05, 4.69) is 42.9 Å². The number of nitrogen functional groups attached to an aromatic ring is 1. The van der Waals surface area contributed by atoms with E-state index in [1.807, 2.05) is 12.1 Å². The van der Waals surface area contributed by atoms with Crippen LogP contribution in [0.5, 0.6) is 0 Å². The Bertz CT molecular complexity index is 1010. The van der Waals surface area contributed by atoms with Crippen molar-refractivity contribution in [2.45, 2.75) is 13.1 Å². The Morgan fingerprint density at radius 2 is 2.08 bits per heavy atom. The third-order valence-electron chi connectivity index (χ3n) is 4.29. The summed E-state index contributed by atoms with van der Waals surface area (Å²) in [6, 6.07) is 9.72. The molecule has 0 spiro atoms.